The summed E-state index contributed by atoms with van der Waals surface area (Å²) in [7, 11) is 0. The lowest BCUT2D eigenvalue weighted by molar-refractivity contribution is -0.0160. The number of piperazine rings is 1. The molecule has 0 radical (unpaired) electrons. The van der Waals surface area contributed by atoms with Gasteiger partial charge in [0.15, 0.2) is 0 Å². The molecule has 1 unspecified atom stereocenters. The number of aryl methyl sites for hydroxylation is 2. The number of ether oxygens (including phenoxy) is 1. The van der Waals surface area contributed by atoms with Gasteiger partial charge in [0.25, 0.3) is 5.91 Å². The molecule has 164 valence electrons. The van der Waals surface area contributed by atoms with Crippen LogP contribution in [-0.4, -0.2) is 87.6 Å². The number of rotatable bonds is 4. The molecular weight excluding hydrogens is 382 g/mol. The van der Waals surface area contributed by atoms with Gasteiger partial charge in [-0.3, -0.25) is 9.69 Å². The third-order valence-electron chi connectivity index (χ3n) is 6.52. The van der Waals surface area contributed by atoms with Gasteiger partial charge in [-0.1, -0.05) is 12.7 Å². The summed E-state index contributed by atoms with van der Waals surface area (Å²) < 4.78 is 5.20. The summed E-state index contributed by atoms with van der Waals surface area (Å²) in [5.41, 5.74) is 2.10. The van der Waals surface area contributed by atoms with E-state index in [2.05, 4.69) is 35.3 Å². The average Bonchev–Trinajstić information content (AvgIpc) is 2.72. The summed E-state index contributed by atoms with van der Waals surface area (Å²) in [6.45, 7) is 15.5. The van der Waals surface area contributed by atoms with Gasteiger partial charge < -0.3 is 14.5 Å². The van der Waals surface area contributed by atoms with Gasteiger partial charge in [-0.2, -0.15) is 0 Å². The minimum absolute atomic E-state index is 0.0133. The number of hydrogen-bond donors (Lipinski definition) is 0. The molecule has 0 N–H and O–H groups in total. The van der Waals surface area contributed by atoms with E-state index in [1.165, 1.54) is 6.33 Å². The van der Waals surface area contributed by atoms with Gasteiger partial charge in [-0.05, 0) is 40.5 Å². The Bertz CT molecular complexity index is 784. The molecule has 1 aromatic rings. The molecule has 0 bridgehead atoms. The van der Waals surface area contributed by atoms with E-state index < -0.39 is 0 Å². The van der Waals surface area contributed by atoms with Crippen LogP contribution in [0.1, 0.15) is 48.4 Å². The highest BCUT2D eigenvalue weighted by molar-refractivity contribution is 5.96. The van der Waals surface area contributed by atoms with Crippen LogP contribution < -0.4 is 0 Å². The van der Waals surface area contributed by atoms with Crippen LogP contribution in [0.5, 0.6) is 0 Å². The summed E-state index contributed by atoms with van der Waals surface area (Å²) in [5, 5.41) is 0. The summed E-state index contributed by atoms with van der Waals surface area (Å²) in [6.07, 6.45) is 4.61. The molecule has 30 heavy (non-hydrogen) atoms. The number of likely N-dealkylation sites (tertiary alicyclic amines) is 1. The first-order valence-corrected chi connectivity index (χ1v) is 10.6. The maximum absolute atomic E-state index is 13.1. The number of nitrogens with zero attached hydrogens (tertiary/aromatic N) is 5. The number of carbonyl (C=O) groups is 2. The SMILES string of the molecule is C=CCOC(=O)N1CCN(C2(C)CCN(C(=O)c3c(C)ncnc3C)CC2)CC1C. The van der Waals surface area contributed by atoms with Gasteiger partial charge >= 0.3 is 6.09 Å². The van der Waals surface area contributed by atoms with Crippen molar-refractivity contribution in [2.45, 2.75) is 52.1 Å². The first kappa shape index (κ1) is 22.2. The summed E-state index contributed by atoms with van der Waals surface area (Å²) in [5.74, 6) is 0.0239. The molecule has 3 rings (SSSR count). The second-order valence-corrected chi connectivity index (χ2v) is 8.56. The molecular formula is C22H33N5O3. The lowest BCUT2D eigenvalue weighted by Crippen LogP contribution is -2.62. The van der Waals surface area contributed by atoms with Gasteiger partial charge in [0.1, 0.15) is 12.9 Å². The lowest BCUT2D eigenvalue weighted by Gasteiger charge is -2.51. The number of carbonyl (C=O) groups excluding carboxylic acids is 2. The van der Waals surface area contributed by atoms with E-state index in [1.54, 1.807) is 11.0 Å². The monoisotopic (exact) mass is 415 g/mol. The highest BCUT2D eigenvalue weighted by Gasteiger charge is 2.41. The molecule has 0 spiro atoms. The molecule has 1 aromatic heterocycles. The van der Waals surface area contributed by atoms with E-state index >= 15 is 0 Å². The Morgan fingerprint density at radius 3 is 2.40 bits per heavy atom. The predicted molar refractivity (Wildman–Crippen MR) is 114 cm³/mol. The van der Waals surface area contributed by atoms with Crippen LogP contribution in [-0.2, 0) is 4.74 Å². The van der Waals surface area contributed by atoms with E-state index in [0.717, 1.165) is 37.3 Å². The van der Waals surface area contributed by atoms with E-state index in [1.807, 2.05) is 18.7 Å². The highest BCUT2D eigenvalue weighted by Crippen LogP contribution is 2.31. The molecule has 2 amide bonds. The van der Waals surface area contributed by atoms with Crippen LogP contribution in [0.4, 0.5) is 4.79 Å². The largest absolute Gasteiger partial charge is 0.445 e. The third kappa shape index (κ3) is 4.48. The molecule has 0 saturated carbocycles. The Labute approximate surface area is 178 Å². The first-order valence-electron chi connectivity index (χ1n) is 10.6. The predicted octanol–water partition coefficient (Wildman–Crippen LogP) is 2.42. The van der Waals surface area contributed by atoms with E-state index in [9.17, 15) is 9.59 Å². The van der Waals surface area contributed by atoms with Crippen molar-refractivity contribution in [2.75, 3.05) is 39.3 Å². The zero-order valence-corrected chi connectivity index (χ0v) is 18.6. The van der Waals surface area contributed by atoms with E-state index in [-0.39, 0.29) is 30.2 Å². The normalized spacial score (nSPS) is 21.9. The number of piperidine rings is 1. The fraction of sp³-hybridized carbons (Fsp3) is 0.636. The van der Waals surface area contributed by atoms with E-state index in [0.29, 0.717) is 25.2 Å². The van der Waals surface area contributed by atoms with Crippen LogP contribution in [0.2, 0.25) is 0 Å². The first-order chi connectivity index (χ1) is 14.3. The minimum atomic E-state index is -0.275. The molecule has 0 aliphatic carbocycles. The van der Waals surface area contributed by atoms with Gasteiger partial charge in [0.05, 0.1) is 17.0 Å². The Hall–Kier alpha value is -2.48. The van der Waals surface area contributed by atoms with Gasteiger partial charge in [-0.25, -0.2) is 14.8 Å². The summed E-state index contributed by atoms with van der Waals surface area (Å²) in [6, 6.07) is 0.0827. The second kappa shape index (κ2) is 9.12. The van der Waals surface area contributed by atoms with Crippen LogP contribution in [0, 0.1) is 13.8 Å². The van der Waals surface area contributed by atoms with Crippen LogP contribution in [0.15, 0.2) is 19.0 Å². The lowest BCUT2D eigenvalue weighted by atomic mass is 9.86. The molecule has 1 atom stereocenters. The number of aromatic nitrogens is 2. The van der Waals surface area contributed by atoms with Crippen LogP contribution in [0.25, 0.3) is 0 Å². The average molecular weight is 416 g/mol. The minimum Gasteiger partial charge on any atom is -0.445 e. The van der Waals surface area contributed by atoms with Crippen molar-refractivity contribution in [3.63, 3.8) is 0 Å². The molecule has 2 fully saturated rings. The number of hydrogen-bond acceptors (Lipinski definition) is 6. The van der Waals surface area contributed by atoms with Crippen molar-refractivity contribution in [1.82, 2.24) is 24.7 Å². The Morgan fingerprint density at radius 1 is 1.20 bits per heavy atom. The van der Waals surface area contributed by atoms with Crippen molar-refractivity contribution in [3.8, 4) is 0 Å². The maximum Gasteiger partial charge on any atom is 0.410 e. The molecule has 8 heteroatoms. The molecule has 2 aliphatic rings. The Balaban J connectivity index is 1.59. The Kier molecular flexibility index (Phi) is 6.75. The smallest absolute Gasteiger partial charge is 0.410 e. The quantitative estimate of drug-likeness (QED) is 0.703. The van der Waals surface area contributed by atoms with Crippen LogP contribution in [0.3, 0.4) is 0 Å². The molecule has 2 saturated heterocycles. The third-order valence-corrected chi connectivity index (χ3v) is 6.52. The fourth-order valence-corrected chi connectivity index (χ4v) is 4.50. The van der Waals surface area contributed by atoms with Gasteiger partial charge in [-0.15, -0.1) is 0 Å². The van der Waals surface area contributed by atoms with Crippen LogP contribution >= 0.6 is 0 Å². The number of amides is 2. The topological polar surface area (TPSA) is 78.9 Å². The molecule has 3 heterocycles. The summed E-state index contributed by atoms with van der Waals surface area (Å²) in [4.78, 5) is 39.8. The Morgan fingerprint density at radius 2 is 1.83 bits per heavy atom. The zero-order valence-electron chi connectivity index (χ0n) is 18.6. The summed E-state index contributed by atoms with van der Waals surface area (Å²) >= 11 is 0. The van der Waals surface area contributed by atoms with Crippen molar-refractivity contribution in [1.29, 1.82) is 0 Å². The van der Waals surface area contributed by atoms with Crippen molar-refractivity contribution >= 4 is 12.0 Å². The van der Waals surface area contributed by atoms with E-state index in [4.69, 9.17) is 4.74 Å². The second-order valence-electron chi connectivity index (χ2n) is 8.56. The molecule has 0 aromatic carbocycles. The zero-order chi connectivity index (χ0) is 21.9. The highest BCUT2D eigenvalue weighted by atomic mass is 16.6. The molecule has 2 aliphatic heterocycles. The standard InChI is InChI=1S/C22H33N5O3/c1-6-13-30-21(29)27-12-11-26(14-16(27)2)22(5)7-9-25(10-8-22)20(28)19-17(3)23-15-24-18(19)4/h6,15-16H,1,7-14H2,2-5H3. The fourth-order valence-electron chi connectivity index (χ4n) is 4.50. The van der Waals surface area contributed by atoms with Crippen molar-refractivity contribution < 1.29 is 14.3 Å². The van der Waals surface area contributed by atoms with Crippen molar-refractivity contribution in [3.05, 3.63) is 35.9 Å². The maximum atomic E-state index is 13.1. The van der Waals surface area contributed by atoms with Gasteiger partial charge in [0, 0.05) is 44.3 Å². The van der Waals surface area contributed by atoms with Gasteiger partial charge in [0.2, 0.25) is 0 Å². The molecule has 8 nitrogen and oxygen atoms in total. The van der Waals surface area contributed by atoms with Crippen molar-refractivity contribution in [2.24, 2.45) is 0 Å².